The molecule has 1 aromatic rings. The van der Waals surface area contributed by atoms with Crippen molar-refractivity contribution in [3.05, 3.63) is 28.6 Å². The van der Waals surface area contributed by atoms with E-state index >= 15 is 0 Å². The fraction of sp³-hybridized carbons (Fsp3) is 0.267. The van der Waals surface area contributed by atoms with Crippen molar-refractivity contribution in [2.75, 3.05) is 14.2 Å². The molecule has 1 amide bonds. The van der Waals surface area contributed by atoms with Gasteiger partial charge in [0, 0.05) is 6.42 Å². The van der Waals surface area contributed by atoms with Crippen molar-refractivity contribution < 1.29 is 43.8 Å². The van der Waals surface area contributed by atoms with Gasteiger partial charge in [-0.2, -0.15) is 10.3 Å². The first-order valence-electron chi connectivity index (χ1n) is 6.51. The maximum absolute atomic E-state index is 11.9. The number of rotatable bonds is 3. The normalized spacial score (nSPS) is 18.0. The number of amides is 1. The molecule has 1 aliphatic rings. The maximum Gasteiger partial charge on any atom is 1.00 e. The van der Waals surface area contributed by atoms with Crippen LogP contribution in [-0.2, 0) is 4.79 Å². The van der Waals surface area contributed by atoms with Crippen molar-refractivity contribution in [3.63, 3.8) is 0 Å². The molecule has 0 bridgehead atoms. The van der Waals surface area contributed by atoms with Crippen LogP contribution in [0.15, 0.2) is 17.1 Å². The summed E-state index contributed by atoms with van der Waals surface area (Å²) in [6.07, 6.45) is 1.59. The Balaban J connectivity index is 0.00000288. The molecule has 0 aliphatic carbocycles. The van der Waals surface area contributed by atoms with Crippen LogP contribution in [0.3, 0.4) is 0 Å². The predicted octanol–water partition coefficient (Wildman–Crippen LogP) is -1.06. The molecule has 0 spiro atoms. The van der Waals surface area contributed by atoms with Gasteiger partial charge in [-0.15, -0.1) is 0 Å². The fourth-order valence-electron chi connectivity index (χ4n) is 2.41. The van der Waals surface area contributed by atoms with E-state index in [9.17, 15) is 10.1 Å². The first kappa shape index (κ1) is 20.1. The van der Waals surface area contributed by atoms with E-state index in [0.29, 0.717) is 17.1 Å². The van der Waals surface area contributed by atoms with Crippen molar-refractivity contribution in [2.45, 2.75) is 12.3 Å². The van der Waals surface area contributed by atoms with Crippen LogP contribution < -0.4 is 44.3 Å². The number of nitrogens with zero attached hydrogens (tertiary/aromatic N) is 3. The topological polar surface area (TPSA) is 107 Å². The molecule has 24 heavy (non-hydrogen) atoms. The van der Waals surface area contributed by atoms with E-state index in [1.807, 2.05) is 6.07 Å². The predicted molar refractivity (Wildman–Crippen MR) is 82.0 cm³/mol. The maximum atomic E-state index is 11.9. The van der Waals surface area contributed by atoms with Gasteiger partial charge in [0.1, 0.15) is 0 Å². The minimum Gasteiger partial charge on any atom is -0.493 e. The minimum absolute atomic E-state index is 0. The zero-order chi connectivity index (χ0) is 17.0. The Morgan fingerprint density at radius 3 is 2.62 bits per heavy atom. The van der Waals surface area contributed by atoms with Crippen molar-refractivity contribution in [1.29, 1.82) is 10.5 Å². The minimum atomic E-state index is -0.617. The average molecular weight is 355 g/mol. The number of amidine groups is 1. The van der Waals surface area contributed by atoms with Gasteiger partial charge in [0.15, 0.2) is 11.5 Å². The summed E-state index contributed by atoms with van der Waals surface area (Å²) >= 11 is 6.36. The summed E-state index contributed by atoms with van der Waals surface area (Å²) in [5.74, 6) is -0.107. The second kappa shape index (κ2) is 8.81. The number of nitrogens with one attached hydrogen (secondary N) is 1. The van der Waals surface area contributed by atoms with E-state index in [1.54, 1.807) is 18.3 Å². The smallest absolute Gasteiger partial charge is 0.493 e. The van der Waals surface area contributed by atoms with Crippen LogP contribution in [-0.4, -0.2) is 26.0 Å². The molecule has 1 atom stereocenters. The van der Waals surface area contributed by atoms with Crippen molar-refractivity contribution in [2.24, 2.45) is 4.99 Å². The zero-order valence-electron chi connectivity index (χ0n) is 13.4. The summed E-state index contributed by atoms with van der Waals surface area (Å²) in [4.78, 5) is 15.4. The van der Waals surface area contributed by atoms with E-state index < -0.39 is 5.92 Å². The molecular formula is C15H12ClN4NaO3. The van der Waals surface area contributed by atoms with E-state index in [2.05, 4.69) is 10.3 Å². The molecule has 0 aromatic heterocycles. The Labute approximate surface area is 166 Å². The van der Waals surface area contributed by atoms with Gasteiger partial charge in [0.25, 0.3) is 0 Å². The SMILES string of the molecule is COc1ccc(C2CC(=O)NC(=NC#N)[C-]2C#N)c(Cl)c1OC.[Na+]. The number of carbonyl (C=O) groups excluding carboxylic acids is 1. The summed E-state index contributed by atoms with van der Waals surface area (Å²) in [6, 6.07) is 5.29. The number of aliphatic imine (C=N–C) groups is 1. The summed E-state index contributed by atoms with van der Waals surface area (Å²) in [5.41, 5.74) is 0.529. The van der Waals surface area contributed by atoms with Crippen LogP contribution in [0.4, 0.5) is 0 Å². The molecule has 1 aliphatic heterocycles. The van der Waals surface area contributed by atoms with Gasteiger partial charge in [-0.1, -0.05) is 29.7 Å². The standard InChI is InChI=1S/C15H12ClN4O3.Na/c1-22-11-4-3-8(13(16)14(11)23-2)9-5-12(21)20-15(19-7-18)10(9)6-17;/h3-4,9H,5H2,1-2H3,(H,19,20,21);/q-1;+1. The molecule has 1 aromatic carbocycles. The Bertz CT molecular complexity index is 754. The van der Waals surface area contributed by atoms with E-state index in [-0.39, 0.29) is 58.7 Å². The van der Waals surface area contributed by atoms with Crippen molar-refractivity contribution in [3.8, 4) is 23.8 Å². The number of ether oxygens (including phenoxy) is 2. The van der Waals surface area contributed by atoms with Crippen molar-refractivity contribution in [1.82, 2.24) is 5.32 Å². The molecule has 2 rings (SSSR count). The van der Waals surface area contributed by atoms with Gasteiger partial charge in [-0.3, -0.25) is 4.79 Å². The monoisotopic (exact) mass is 354 g/mol. The first-order chi connectivity index (χ1) is 11.1. The van der Waals surface area contributed by atoms with Gasteiger partial charge in [-0.05, 0) is 17.5 Å². The van der Waals surface area contributed by atoms with Gasteiger partial charge < -0.3 is 14.8 Å². The van der Waals surface area contributed by atoms with E-state index in [0.717, 1.165) is 0 Å². The van der Waals surface area contributed by atoms with Crippen LogP contribution in [0, 0.1) is 28.7 Å². The Morgan fingerprint density at radius 2 is 2.08 bits per heavy atom. The van der Waals surface area contributed by atoms with Crippen LogP contribution in [0.2, 0.25) is 5.02 Å². The summed E-state index contributed by atoms with van der Waals surface area (Å²) in [5, 5.41) is 20.8. The molecular weight excluding hydrogens is 343 g/mol. The molecule has 9 heteroatoms. The van der Waals surface area contributed by atoms with Gasteiger partial charge in [0.05, 0.1) is 19.2 Å². The third kappa shape index (κ3) is 3.77. The largest absolute Gasteiger partial charge is 1.00 e. The first-order valence-corrected chi connectivity index (χ1v) is 6.89. The molecule has 1 unspecified atom stereocenters. The number of methoxy groups -OCH3 is 2. The number of piperidine rings is 1. The number of halogens is 1. The quantitative estimate of drug-likeness (QED) is 0.423. The van der Waals surface area contributed by atoms with Crippen LogP contribution in [0.1, 0.15) is 17.9 Å². The number of hydrogen-bond acceptors (Lipinski definition) is 6. The third-order valence-corrected chi connectivity index (χ3v) is 3.81. The molecule has 1 saturated heterocycles. The average Bonchev–Trinajstić information content (AvgIpc) is 2.54. The fourth-order valence-corrected chi connectivity index (χ4v) is 2.78. The van der Waals surface area contributed by atoms with E-state index in [4.69, 9.17) is 26.3 Å². The van der Waals surface area contributed by atoms with Crippen LogP contribution in [0.5, 0.6) is 11.5 Å². The Morgan fingerprint density at radius 1 is 1.38 bits per heavy atom. The zero-order valence-corrected chi connectivity index (χ0v) is 16.1. The molecule has 0 radical (unpaired) electrons. The number of hydrogen-bond donors (Lipinski definition) is 1. The molecule has 1 heterocycles. The summed E-state index contributed by atoms with van der Waals surface area (Å²) in [7, 11) is 2.92. The number of nitriles is 2. The number of benzene rings is 1. The second-order valence-corrected chi connectivity index (χ2v) is 4.97. The molecule has 1 fully saturated rings. The van der Waals surface area contributed by atoms with Gasteiger partial charge in [0.2, 0.25) is 12.1 Å². The van der Waals surface area contributed by atoms with Crippen LogP contribution >= 0.6 is 11.6 Å². The van der Waals surface area contributed by atoms with Crippen molar-refractivity contribution >= 4 is 23.3 Å². The van der Waals surface area contributed by atoms with Gasteiger partial charge >= 0.3 is 29.6 Å². The molecule has 1 N–H and O–H groups in total. The molecule has 7 nitrogen and oxygen atoms in total. The number of carbonyl (C=O) groups is 1. The van der Waals surface area contributed by atoms with E-state index in [1.165, 1.54) is 14.2 Å². The third-order valence-electron chi connectivity index (χ3n) is 3.42. The Kier molecular flexibility index (Phi) is 7.40. The Hall–Kier alpha value is -1.90. The summed E-state index contributed by atoms with van der Waals surface area (Å²) in [6.45, 7) is 0. The molecule has 118 valence electrons. The van der Waals surface area contributed by atoms with Gasteiger partial charge in [-0.25, -0.2) is 11.2 Å². The molecule has 0 saturated carbocycles. The summed E-state index contributed by atoms with van der Waals surface area (Å²) < 4.78 is 10.4. The van der Waals surface area contributed by atoms with Crippen LogP contribution in [0.25, 0.3) is 0 Å². The second-order valence-electron chi connectivity index (χ2n) is 4.60.